The first-order valence-electron chi connectivity index (χ1n) is 6.84. The molecule has 2 N–H and O–H groups in total. The number of nitrogens with one attached hydrogen (secondary N) is 2. The molecule has 2 aliphatic rings. The van der Waals surface area contributed by atoms with Gasteiger partial charge < -0.3 is 15.4 Å². The van der Waals surface area contributed by atoms with Crippen LogP contribution in [0.2, 0.25) is 0 Å². The molecule has 0 spiro atoms. The Bertz CT molecular complexity index is 435. The van der Waals surface area contributed by atoms with Crippen LogP contribution in [0.15, 0.2) is 6.20 Å². The van der Waals surface area contributed by atoms with Gasteiger partial charge in [-0.2, -0.15) is 0 Å². The van der Waals surface area contributed by atoms with Gasteiger partial charge in [-0.3, -0.25) is 4.79 Å². The lowest BCUT2D eigenvalue weighted by molar-refractivity contribution is 0.0924. The second kappa shape index (κ2) is 5.66. The SMILES string of the molecule is O=C(NC1CCOC1)c1cn(C2CCNCC2)nn1. The number of piperidine rings is 1. The molecular formula is C12H19N5O2. The summed E-state index contributed by atoms with van der Waals surface area (Å²) in [4.78, 5) is 12.0. The lowest BCUT2D eigenvalue weighted by Gasteiger charge is -2.22. The maximum absolute atomic E-state index is 12.0. The van der Waals surface area contributed by atoms with Gasteiger partial charge in [0.25, 0.3) is 5.91 Å². The van der Waals surface area contributed by atoms with E-state index >= 15 is 0 Å². The highest BCUT2D eigenvalue weighted by Gasteiger charge is 2.22. The predicted octanol–water partition coefficient (Wildman–Crippen LogP) is -0.279. The van der Waals surface area contributed by atoms with E-state index in [1.165, 1.54) is 0 Å². The van der Waals surface area contributed by atoms with Crippen LogP contribution in [0.3, 0.4) is 0 Å². The molecule has 19 heavy (non-hydrogen) atoms. The zero-order valence-electron chi connectivity index (χ0n) is 10.8. The second-order valence-corrected chi connectivity index (χ2v) is 5.10. The van der Waals surface area contributed by atoms with Gasteiger partial charge in [-0.15, -0.1) is 5.10 Å². The van der Waals surface area contributed by atoms with E-state index in [1.807, 2.05) is 4.68 Å². The monoisotopic (exact) mass is 265 g/mol. The first-order chi connectivity index (χ1) is 9.33. The summed E-state index contributed by atoms with van der Waals surface area (Å²) in [7, 11) is 0. The zero-order chi connectivity index (χ0) is 13.1. The standard InChI is InChI=1S/C12H19N5O2/c18-12(14-9-3-6-19-8-9)11-7-17(16-15-11)10-1-4-13-5-2-10/h7,9-10,13H,1-6,8H2,(H,14,18). The highest BCUT2D eigenvalue weighted by atomic mass is 16.5. The van der Waals surface area contributed by atoms with Crippen molar-refractivity contribution in [1.82, 2.24) is 25.6 Å². The summed E-state index contributed by atoms with van der Waals surface area (Å²) in [5.41, 5.74) is 0.394. The molecule has 7 nitrogen and oxygen atoms in total. The summed E-state index contributed by atoms with van der Waals surface area (Å²) < 4.78 is 7.05. The smallest absolute Gasteiger partial charge is 0.273 e. The number of aromatic nitrogens is 3. The molecule has 2 saturated heterocycles. The van der Waals surface area contributed by atoms with E-state index in [0.29, 0.717) is 24.9 Å². The molecule has 2 aliphatic heterocycles. The minimum absolute atomic E-state index is 0.108. The Hall–Kier alpha value is -1.47. The minimum Gasteiger partial charge on any atom is -0.379 e. The van der Waals surface area contributed by atoms with Crippen LogP contribution >= 0.6 is 0 Å². The van der Waals surface area contributed by atoms with Crippen LogP contribution in [0.1, 0.15) is 35.8 Å². The molecule has 0 radical (unpaired) electrons. The Morgan fingerprint density at radius 3 is 3.00 bits per heavy atom. The summed E-state index contributed by atoms with van der Waals surface area (Å²) in [5, 5.41) is 14.3. The van der Waals surface area contributed by atoms with Crippen LogP contribution in [0.5, 0.6) is 0 Å². The number of hydrogen-bond acceptors (Lipinski definition) is 5. The van der Waals surface area contributed by atoms with E-state index in [-0.39, 0.29) is 11.9 Å². The van der Waals surface area contributed by atoms with Gasteiger partial charge in [-0.1, -0.05) is 5.21 Å². The minimum atomic E-state index is -0.157. The molecule has 104 valence electrons. The number of hydrogen-bond donors (Lipinski definition) is 2. The normalized spacial score (nSPS) is 24.5. The van der Waals surface area contributed by atoms with Crippen LogP contribution in [-0.4, -0.2) is 53.2 Å². The Morgan fingerprint density at radius 2 is 2.26 bits per heavy atom. The third-order valence-corrected chi connectivity index (χ3v) is 3.69. The van der Waals surface area contributed by atoms with Crippen molar-refractivity contribution in [2.75, 3.05) is 26.3 Å². The zero-order valence-corrected chi connectivity index (χ0v) is 10.8. The Labute approximate surface area is 111 Å². The van der Waals surface area contributed by atoms with Crippen molar-refractivity contribution in [3.05, 3.63) is 11.9 Å². The number of amides is 1. The Kier molecular flexibility index (Phi) is 3.74. The number of nitrogens with zero attached hydrogens (tertiary/aromatic N) is 3. The van der Waals surface area contributed by atoms with E-state index in [2.05, 4.69) is 20.9 Å². The van der Waals surface area contributed by atoms with Crippen molar-refractivity contribution in [3.8, 4) is 0 Å². The average molecular weight is 265 g/mol. The topological polar surface area (TPSA) is 81.1 Å². The quantitative estimate of drug-likeness (QED) is 0.785. The largest absolute Gasteiger partial charge is 0.379 e. The number of carbonyl (C=O) groups excluding carboxylic acids is 1. The molecule has 0 aromatic carbocycles. The molecule has 1 amide bonds. The second-order valence-electron chi connectivity index (χ2n) is 5.10. The molecule has 7 heteroatoms. The van der Waals surface area contributed by atoms with Gasteiger partial charge in [0.15, 0.2) is 5.69 Å². The lowest BCUT2D eigenvalue weighted by Crippen LogP contribution is -2.35. The summed E-state index contributed by atoms with van der Waals surface area (Å²) in [5.74, 6) is -0.157. The highest BCUT2D eigenvalue weighted by molar-refractivity contribution is 5.92. The maximum atomic E-state index is 12.0. The van der Waals surface area contributed by atoms with Gasteiger partial charge in [0, 0.05) is 6.61 Å². The summed E-state index contributed by atoms with van der Waals surface area (Å²) in [6, 6.07) is 0.460. The van der Waals surface area contributed by atoms with Crippen molar-refractivity contribution >= 4 is 5.91 Å². The fourth-order valence-electron chi connectivity index (χ4n) is 2.54. The Balaban J connectivity index is 1.61. The van der Waals surface area contributed by atoms with Crippen molar-refractivity contribution < 1.29 is 9.53 Å². The van der Waals surface area contributed by atoms with Gasteiger partial charge in [0.2, 0.25) is 0 Å². The number of carbonyl (C=O) groups is 1. The molecule has 0 bridgehead atoms. The molecule has 0 saturated carbocycles. The third kappa shape index (κ3) is 2.93. The van der Waals surface area contributed by atoms with E-state index in [0.717, 1.165) is 32.4 Å². The van der Waals surface area contributed by atoms with Gasteiger partial charge in [0.1, 0.15) is 0 Å². The van der Waals surface area contributed by atoms with Crippen LogP contribution in [-0.2, 0) is 4.74 Å². The van der Waals surface area contributed by atoms with Crippen LogP contribution < -0.4 is 10.6 Å². The van der Waals surface area contributed by atoms with Gasteiger partial charge in [-0.25, -0.2) is 4.68 Å². The molecule has 2 fully saturated rings. The summed E-state index contributed by atoms with van der Waals surface area (Å²) in [6.45, 7) is 3.29. The van der Waals surface area contributed by atoms with Crippen LogP contribution in [0.25, 0.3) is 0 Å². The summed E-state index contributed by atoms with van der Waals surface area (Å²) >= 11 is 0. The molecule has 3 heterocycles. The van der Waals surface area contributed by atoms with Gasteiger partial charge in [0.05, 0.1) is 24.9 Å². The van der Waals surface area contributed by atoms with Gasteiger partial charge >= 0.3 is 0 Å². The first-order valence-corrected chi connectivity index (χ1v) is 6.84. The van der Waals surface area contributed by atoms with E-state index in [4.69, 9.17) is 4.74 Å². The molecule has 0 aliphatic carbocycles. The molecule has 1 unspecified atom stereocenters. The fraction of sp³-hybridized carbons (Fsp3) is 0.750. The number of rotatable bonds is 3. The van der Waals surface area contributed by atoms with Crippen molar-refractivity contribution in [3.63, 3.8) is 0 Å². The van der Waals surface area contributed by atoms with Crippen molar-refractivity contribution in [2.24, 2.45) is 0 Å². The first kappa shape index (κ1) is 12.6. The van der Waals surface area contributed by atoms with Crippen LogP contribution in [0, 0.1) is 0 Å². The van der Waals surface area contributed by atoms with E-state index in [1.54, 1.807) is 6.20 Å². The van der Waals surface area contributed by atoms with E-state index < -0.39 is 0 Å². The molecule has 1 aromatic heterocycles. The average Bonchev–Trinajstić information content (AvgIpc) is 3.10. The van der Waals surface area contributed by atoms with E-state index in [9.17, 15) is 4.79 Å². The van der Waals surface area contributed by atoms with Crippen molar-refractivity contribution in [1.29, 1.82) is 0 Å². The molecular weight excluding hydrogens is 246 g/mol. The van der Waals surface area contributed by atoms with Crippen molar-refractivity contribution in [2.45, 2.75) is 31.3 Å². The molecule has 3 rings (SSSR count). The maximum Gasteiger partial charge on any atom is 0.273 e. The lowest BCUT2D eigenvalue weighted by atomic mass is 10.1. The molecule has 1 aromatic rings. The number of ether oxygens (including phenoxy) is 1. The summed E-state index contributed by atoms with van der Waals surface area (Å²) in [6.07, 6.45) is 4.68. The Morgan fingerprint density at radius 1 is 1.42 bits per heavy atom. The van der Waals surface area contributed by atoms with Crippen LogP contribution in [0.4, 0.5) is 0 Å². The fourth-order valence-corrected chi connectivity index (χ4v) is 2.54. The molecule has 1 atom stereocenters. The third-order valence-electron chi connectivity index (χ3n) is 3.69. The highest BCUT2D eigenvalue weighted by Crippen LogP contribution is 2.17. The predicted molar refractivity (Wildman–Crippen MR) is 67.9 cm³/mol. The van der Waals surface area contributed by atoms with Gasteiger partial charge in [-0.05, 0) is 32.4 Å².